The molecule has 0 bridgehead atoms. The number of aromatic nitrogens is 4. The smallest absolute Gasteiger partial charge is 0.248 e. The van der Waals surface area contributed by atoms with Gasteiger partial charge in [-0.05, 0) is 36.8 Å². The van der Waals surface area contributed by atoms with Gasteiger partial charge in [-0.2, -0.15) is 4.98 Å². The van der Waals surface area contributed by atoms with Gasteiger partial charge in [-0.1, -0.05) is 12.1 Å². The first-order valence-corrected chi connectivity index (χ1v) is 7.98. The summed E-state index contributed by atoms with van der Waals surface area (Å²) < 4.78 is 1.63. The third kappa shape index (κ3) is 2.57. The van der Waals surface area contributed by atoms with Gasteiger partial charge in [0.1, 0.15) is 11.8 Å². The maximum Gasteiger partial charge on any atom is 0.248 e. The van der Waals surface area contributed by atoms with Crippen molar-refractivity contribution in [2.24, 2.45) is 5.73 Å². The highest BCUT2D eigenvalue weighted by Gasteiger charge is 2.33. The fourth-order valence-corrected chi connectivity index (χ4v) is 3.05. The van der Waals surface area contributed by atoms with Crippen molar-refractivity contribution < 1.29 is 9.90 Å². The molecule has 3 aromatic rings. The molecule has 0 fully saturated rings. The van der Waals surface area contributed by atoms with Crippen molar-refractivity contribution in [2.75, 3.05) is 5.32 Å². The molecule has 26 heavy (non-hydrogen) atoms. The molecule has 2 aromatic heterocycles. The first-order valence-electron chi connectivity index (χ1n) is 7.98. The third-order valence-electron chi connectivity index (χ3n) is 4.25. The van der Waals surface area contributed by atoms with Crippen molar-refractivity contribution in [3.05, 3.63) is 65.6 Å². The summed E-state index contributed by atoms with van der Waals surface area (Å²) in [6, 6.07) is 9.71. The number of carbonyl (C=O) groups is 1. The number of nitrogens with zero attached hydrogens (tertiary/aromatic N) is 4. The summed E-state index contributed by atoms with van der Waals surface area (Å²) in [5.41, 5.74) is 8.17. The van der Waals surface area contributed by atoms with Crippen LogP contribution in [-0.4, -0.2) is 30.8 Å². The first-order chi connectivity index (χ1) is 12.5. The molecule has 130 valence electrons. The molecule has 8 nitrogen and oxygen atoms in total. The molecule has 0 saturated heterocycles. The molecule has 1 amide bonds. The van der Waals surface area contributed by atoms with Crippen LogP contribution in [0.15, 0.2) is 60.1 Å². The Morgan fingerprint density at radius 1 is 1.27 bits per heavy atom. The number of aromatic hydroxyl groups is 1. The molecule has 1 aliphatic rings. The molecule has 1 aliphatic heterocycles. The van der Waals surface area contributed by atoms with Crippen molar-refractivity contribution in [3.63, 3.8) is 0 Å². The number of benzene rings is 1. The Labute approximate surface area is 149 Å². The zero-order chi connectivity index (χ0) is 18.3. The number of primary amides is 1. The summed E-state index contributed by atoms with van der Waals surface area (Å²) >= 11 is 0. The molecule has 1 atom stereocenters. The number of pyridine rings is 1. The molecule has 0 saturated carbocycles. The van der Waals surface area contributed by atoms with Gasteiger partial charge in [0, 0.05) is 23.7 Å². The number of phenolic OH excluding ortho intramolecular Hbond substituents is 1. The van der Waals surface area contributed by atoms with E-state index in [4.69, 9.17) is 5.73 Å². The molecule has 0 aliphatic carbocycles. The predicted molar refractivity (Wildman–Crippen MR) is 95.0 cm³/mol. The lowest BCUT2D eigenvalue weighted by atomic mass is 9.95. The Morgan fingerprint density at radius 2 is 2.04 bits per heavy atom. The van der Waals surface area contributed by atoms with E-state index in [1.165, 1.54) is 0 Å². The molecule has 4 N–H and O–H groups in total. The van der Waals surface area contributed by atoms with Crippen LogP contribution in [0.2, 0.25) is 0 Å². The number of nitrogens with one attached hydrogen (secondary N) is 1. The van der Waals surface area contributed by atoms with Crippen LogP contribution in [0.3, 0.4) is 0 Å². The van der Waals surface area contributed by atoms with E-state index in [1.54, 1.807) is 54.3 Å². The second-order valence-electron chi connectivity index (χ2n) is 5.97. The fourth-order valence-electron chi connectivity index (χ4n) is 3.05. The molecule has 1 unspecified atom stereocenters. The van der Waals surface area contributed by atoms with Gasteiger partial charge in [0.25, 0.3) is 0 Å². The summed E-state index contributed by atoms with van der Waals surface area (Å²) in [7, 11) is 0. The zero-order valence-electron chi connectivity index (χ0n) is 13.9. The Bertz CT molecular complexity index is 1010. The van der Waals surface area contributed by atoms with E-state index in [0.29, 0.717) is 23.0 Å². The fraction of sp³-hybridized carbons (Fsp3) is 0.111. The SMILES string of the molecule is CC1=C(C(N)=O)C(c2ccc(O)cc2)n2nc(-c3cccnc3)nc2N1. The van der Waals surface area contributed by atoms with E-state index >= 15 is 0 Å². The number of hydrogen-bond donors (Lipinski definition) is 3. The lowest BCUT2D eigenvalue weighted by Gasteiger charge is -2.27. The number of fused-ring (bicyclic) bond motifs is 1. The van der Waals surface area contributed by atoms with E-state index in [9.17, 15) is 9.90 Å². The summed E-state index contributed by atoms with van der Waals surface area (Å²) in [4.78, 5) is 20.7. The van der Waals surface area contributed by atoms with Crippen molar-refractivity contribution in [2.45, 2.75) is 13.0 Å². The van der Waals surface area contributed by atoms with Gasteiger partial charge in [0.15, 0.2) is 5.82 Å². The Kier molecular flexibility index (Phi) is 3.65. The normalized spacial score (nSPS) is 16.1. The van der Waals surface area contributed by atoms with Crippen molar-refractivity contribution in [1.82, 2.24) is 19.7 Å². The van der Waals surface area contributed by atoms with Crippen LogP contribution in [0.1, 0.15) is 18.5 Å². The molecular formula is C18H16N6O2. The van der Waals surface area contributed by atoms with E-state index in [-0.39, 0.29) is 5.75 Å². The van der Waals surface area contributed by atoms with Gasteiger partial charge in [-0.15, -0.1) is 5.10 Å². The van der Waals surface area contributed by atoms with Crippen LogP contribution in [0.4, 0.5) is 5.95 Å². The van der Waals surface area contributed by atoms with E-state index in [2.05, 4.69) is 20.4 Å². The monoisotopic (exact) mass is 348 g/mol. The van der Waals surface area contributed by atoms with Gasteiger partial charge in [-0.3, -0.25) is 9.78 Å². The van der Waals surface area contributed by atoms with Crippen LogP contribution >= 0.6 is 0 Å². The van der Waals surface area contributed by atoms with Crippen LogP contribution < -0.4 is 11.1 Å². The Morgan fingerprint density at radius 3 is 2.69 bits per heavy atom. The van der Waals surface area contributed by atoms with Crippen molar-refractivity contribution in [3.8, 4) is 17.1 Å². The van der Waals surface area contributed by atoms with E-state index in [1.807, 2.05) is 6.07 Å². The predicted octanol–water partition coefficient (Wildman–Crippen LogP) is 1.82. The van der Waals surface area contributed by atoms with Crippen LogP contribution in [0.5, 0.6) is 5.75 Å². The molecule has 0 radical (unpaired) electrons. The highest BCUT2D eigenvalue weighted by Crippen LogP contribution is 2.36. The minimum atomic E-state index is -0.544. The molecular weight excluding hydrogens is 332 g/mol. The molecule has 3 heterocycles. The van der Waals surface area contributed by atoms with Crippen LogP contribution in [-0.2, 0) is 4.79 Å². The quantitative estimate of drug-likeness (QED) is 0.664. The zero-order valence-corrected chi connectivity index (χ0v) is 13.9. The number of amides is 1. The summed E-state index contributed by atoms with van der Waals surface area (Å²) in [6.45, 7) is 1.77. The second kappa shape index (κ2) is 5.99. The third-order valence-corrected chi connectivity index (χ3v) is 4.25. The minimum Gasteiger partial charge on any atom is -0.508 e. The van der Waals surface area contributed by atoms with Crippen molar-refractivity contribution in [1.29, 1.82) is 0 Å². The minimum absolute atomic E-state index is 0.138. The highest BCUT2D eigenvalue weighted by molar-refractivity contribution is 5.95. The number of anilines is 1. The topological polar surface area (TPSA) is 119 Å². The average molecular weight is 348 g/mol. The lowest BCUT2D eigenvalue weighted by molar-refractivity contribution is -0.115. The summed E-state index contributed by atoms with van der Waals surface area (Å²) in [5.74, 6) is 0.586. The average Bonchev–Trinajstić information content (AvgIpc) is 3.05. The van der Waals surface area contributed by atoms with Gasteiger partial charge in [0.2, 0.25) is 11.9 Å². The first kappa shape index (κ1) is 15.8. The molecule has 0 spiro atoms. The largest absolute Gasteiger partial charge is 0.508 e. The number of hydrogen-bond acceptors (Lipinski definition) is 6. The van der Waals surface area contributed by atoms with Crippen LogP contribution in [0.25, 0.3) is 11.4 Å². The van der Waals surface area contributed by atoms with Gasteiger partial charge in [-0.25, -0.2) is 4.68 Å². The van der Waals surface area contributed by atoms with Gasteiger partial charge < -0.3 is 16.2 Å². The maximum atomic E-state index is 12.1. The van der Waals surface area contributed by atoms with Crippen molar-refractivity contribution >= 4 is 11.9 Å². The number of nitrogens with two attached hydrogens (primary N) is 1. The number of carbonyl (C=O) groups excluding carboxylic acids is 1. The van der Waals surface area contributed by atoms with E-state index < -0.39 is 11.9 Å². The Hall–Kier alpha value is -3.68. The van der Waals surface area contributed by atoms with Crippen LogP contribution in [0, 0.1) is 0 Å². The Balaban J connectivity index is 1.88. The number of allylic oxidation sites excluding steroid dienone is 1. The number of rotatable bonds is 3. The van der Waals surface area contributed by atoms with Gasteiger partial charge >= 0.3 is 0 Å². The number of phenols is 1. The molecule has 4 rings (SSSR count). The van der Waals surface area contributed by atoms with E-state index in [0.717, 1.165) is 11.1 Å². The summed E-state index contributed by atoms with van der Waals surface area (Å²) in [5, 5.41) is 17.2. The molecule has 8 heteroatoms. The standard InChI is InChI=1S/C18H16N6O2/c1-10-14(16(19)26)15(11-4-6-13(25)7-5-11)24-18(21-10)22-17(23-24)12-3-2-8-20-9-12/h2-9,15,25H,1H3,(H2,19,26)(H,21,22,23). The van der Waals surface area contributed by atoms with Gasteiger partial charge in [0.05, 0.1) is 5.57 Å². The maximum absolute atomic E-state index is 12.1. The second-order valence-corrected chi connectivity index (χ2v) is 5.97. The summed E-state index contributed by atoms with van der Waals surface area (Å²) in [6.07, 6.45) is 3.35. The molecule has 1 aromatic carbocycles. The lowest BCUT2D eigenvalue weighted by Crippen LogP contribution is -2.31. The highest BCUT2D eigenvalue weighted by atomic mass is 16.3.